The van der Waals surface area contributed by atoms with Crippen LogP contribution in [-0.4, -0.2) is 48.7 Å². The van der Waals surface area contributed by atoms with Crippen LogP contribution in [0, 0.1) is 0 Å². The zero-order chi connectivity index (χ0) is 19.2. The second-order valence-electron chi connectivity index (χ2n) is 8.03. The van der Waals surface area contributed by atoms with E-state index in [0.717, 1.165) is 31.5 Å². The second-order valence-corrected chi connectivity index (χ2v) is 8.03. The van der Waals surface area contributed by atoms with Crippen molar-refractivity contribution in [1.29, 1.82) is 0 Å². The summed E-state index contributed by atoms with van der Waals surface area (Å²) in [6, 6.07) is 9.54. The topological polar surface area (TPSA) is 55.8 Å². The van der Waals surface area contributed by atoms with Crippen molar-refractivity contribution in [3.05, 3.63) is 35.9 Å². The summed E-state index contributed by atoms with van der Waals surface area (Å²) in [7, 11) is 2.08. The minimum Gasteiger partial charge on any atom is -0.462 e. The summed E-state index contributed by atoms with van der Waals surface area (Å²) in [5.41, 5.74) is 0.363. The molecule has 5 nitrogen and oxygen atoms in total. The summed E-state index contributed by atoms with van der Waals surface area (Å²) in [6.45, 7) is 7.40. The number of benzene rings is 1. The molecule has 0 bridgehead atoms. The molecule has 144 valence electrons. The van der Waals surface area contributed by atoms with E-state index in [0.29, 0.717) is 6.42 Å². The number of nitrogens with zero attached hydrogens (tertiary/aromatic N) is 1. The number of hydrogen-bond acceptors (Lipinski definition) is 5. The smallest absolute Gasteiger partial charge is 0.313 e. The molecule has 5 heteroatoms. The van der Waals surface area contributed by atoms with Crippen molar-refractivity contribution in [1.82, 2.24) is 4.90 Å². The van der Waals surface area contributed by atoms with E-state index >= 15 is 0 Å². The summed E-state index contributed by atoms with van der Waals surface area (Å²) in [4.78, 5) is 27.1. The lowest BCUT2D eigenvalue weighted by atomic mass is 9.94. The number of hydrogen-bond donors (Lipinski definition) is 0. The molecule has 1 heterocycles. The third kappa shape index (κ3) is 6.79. The van der Waals surface area contributed by atoms with Gasteiger partial charge in [-0.1, -0.05) is 30.3 Å². The lowest BCUT2D eigenvalue weighted by Gasteiger charge is -2.30. The Balaban J connectivity index is 1.99. The highest BCUT2D eigenvalue weighted by Gasteiger charge is 2.28. The Labute approximate surface area is 156 Å². The van der Waals surface area contributed by atoms with Gasteiger partial charge in [0.2, 0.25) is 0 Å². The first-order chi connectivity index (χ1) is 12.2. The molecule has 0 spiro atoms. The van der Waals surface area contributed by atoms with Gasteiger partial charge in [0.05, 0.1) is 5.92 Å². The van der Waals surface area contributed by atoms with E-state index < -0.39 is 11.5 Å². The lowest BCUT2D eigenvalue weighted by molar-refractivity contribution is -0.156. The third-order valence-electron chi connectivity index (χ3n) is 4.49. The fraction of sp³-hybridized carbons (Fsp3) is 0.619. The number of ether oxygens (including phenoxy) is 2. The first-order valence-corrected chi connectivity index (χ1v) is 9.40. The molecule has 0 N–H and O–H groups in total. The van der Waals surface area contributed by atoms with Crippen LogP contribution in [0.5, 0.6) is 0 Å². The molecule has 0 saturated carbocycles. The van der Waals surface area contributed by atoms with E-state index in [2.05, 4.69) is 11.9 Å². The van der Waals surface area contributed by atoms with Gasteiger partial charge in [-0.05, 0) is 52.6 Å². The molecule has 1 aliphatic rings. The highest BCUT2D eigenvalue weighted by molar-refractivity contribution is 5.79. The van der Waals surface area contributed by atoms with Gasteiger partial charge in [-0.15, -0.1) is 0 Å². The highest BCUT2D eigenvalue weighted by Crippen LogP contribution is 2.26. The molecule has 2 rings (SSSR count). The fourth-order valence-electron chi connectivity index (χ4n) is 3.11. The highest BCUT2D eigenvalue weighted by atomic mass is 16.6. The van der Waals surface area contributed by atoms with Gasteiger partial charge >= 0.3 is 11.9 Å². The lowest BCUT2D eigenvalue weighted by Crippen LogP contribution is -2.36. The standard InChI is InChI=1S/C21H31NO4/c1-21(2,3)26-19(23)11-10-18(16-8-6-5-7-9-16)20(24)25-17-12-14-22(4)15-13-17/h5-9,17-18H,10-15H2,1-4H3. The molecule has 0 aliphatic carbocycles. The Kier molecular flexibility index (Phi) is 7.21. The van der Waals surface area contributed by atoms with Gasteiger partial charge in [-0.2, -0.15) is 0 Å². The Morgan fingerprint density at radius 3 is 2.35 bits per heavy atom. The molecule has 1 aromatic carbocycles. The van der Waals surface area contributed by atoms with Crippen molar-refractivity contribution in [2.24, 2.45) is 0 Å². The maximum absolute atomic E-state index is 12.8. The predicted molar refractivity (Wildman–Crippen MR) is 101 cm³/mol. The van der Waals surface area contributed by atoms with Crippen LogP contribution in [0.15, 0.2) is 30.3 Å². The van der Waals surface area contributed by atoms with Crippen LogP contribution < -0.4 is 0 Å². The van der Waals surface area contributed by atoms with Crippen LogP contribution in [-0.2, 0) is 19.1 Å². The summed E-state index contributed by atoms with van der Waals surface area (Å²) in [5, 5.41) is 0. The van der Waals surface area contributed by atoms with E-state index in [1.54, 1.807) is 0 Å². The number of esters is 2. The predicted octanol–water partition coefficient (Wildman–Crippen LogP) is 3.53. The number of likely N-dealkylation sites (tertiary alicyclic amines) is 1. The molecule has 1 fully saturated rings. The normalized spacial score (nSPS) is 17.5. The van der Waals surface area contributed by atoms with Gasteiger partial charge in [-0.25, -0.2) is 0 Å². The molecule has 0 aromatic heterocycles. The fourth-order valence-corrected chi connectivity index (χ4v) is 3.11. The van der Waals surface area contributed by atoms with Gasteiger partial charge in [0.15, 0.2) is 0 Å². The van der Waals surface area contributed by atoms with Gasteiger partial charge in [0, 0.05) is 19.5 Å². The van der Waals surface area contributed by atoms with E-state index in [1.165, 1.54) is 0 Å². The Hall–Kier alpha value is -1.88. The molecular formula is C21H31NO4. The van der Waals surface area contributed by atoms with Crippen LogP contribution in [0.4, 0.5) is 0 Å². The average molecular weight is 361 g/mol. The van der Waals surface area contributed by atoms with E-state index in [1.807, 2.05) is 51.1 Å². The molecule has 26 heavy (non-hydrogen) atoms. The molecule has 0 amide bonds. The van der Waals surface area contributed by atoms with Crippen molar-refractivity contribution in [3.63, 3.8) is 0 Å². The van der Waals surface area contributed by atoms with E-state index in [4.69, 9.17) is 9.47 Å². The average Bonchev–Trinajstić information content (AvgIpc) is 2.56. The van der Waals surface area contributed by atoms with Crippen molar-refractivity contribution >= 4 is 11.9 Å². The molecular weight excluding hydrogens is 330 g/mol. The molecule has 1 atom stereocenters. The van der Waals surface area contributed by atoms with Crippen molar-refractivity contribution in [3.8, 4) is 0 Å². The summed E-state index contributed by atoms with van der Waals surface area (Å²) >= 11 is 0. The number of carbonyl (C=O) groups excluding carboxylic acids is 2. The van der Waals surface area contributed by atoms with Gasteiger partial charge in [-0.3, -0.25) is 9.59 Å². The van der Waals surface area contributed by atoms with Gasteiger partial charge in [0.25, 0.3) is 0 Å². The van der Waals surface area contributed by atoms with E-state index in [9.17, 15) is 9.59 Å². The minimum atomic E-state index is -0.520. The first-order valence-electron chi connectivity index (χ1n) is 9.40. The zero-order valence-corrected chi connectivity index (χ0v) is 16.4. The van der Waals surface area contributed by atoms with Crippen LogP contribution in [0.3, 0.4) is 0 Å². The summed E-state index contributed by atoms with van der Waals surface area (Å²) in [6.07, 6.45) is 2.27. The molecule has 1 aromatic rings. The molecule has 1 aliphatic heterocycles. The largest absolute Gasteiger partial charge is 0.462 e. The monoisotopic (exact) mass is 361 g/mol. The van der Waals surface area contributed by atoms with Gasteiger partial charge in [0.1, 0.15) is 11.7 Å². The number of carbonyl (C=O) groups is 2. The van der Waals surface area contributed by atoms with Gasteiger partial charge < -0.3 is 14.4 Å². The van der Waals surface area contributed by atoms with Crippen molar-refractivity contribution < 1.29 is 19.1 Å². The molecule has 1 unspecified atom stereocenters. The number of piperidine rings is 1. The quantitative estimate of drug-likeness (QED) is 0.726. The zero-order valence-electron chi connectivity index (χ0n) is 16.4. The van der Waals surface area contributed by atoms with Crippen LogP contribution in [0.2, 0.25) is 0 Å². The van der Waals surface area contributed by atoms with Crippen LogP contribution in [0.1, 0.15) is 57.9 Å². The molecule has 0 radical (unpaired) electrons. The van der Waals surface area contributed by atoms with Crippen molar-refractivity contribution in [2.45, 2.75) is 64.1 Å². The molecule has 1 saturated heterocycles. The van der Waals surface area contributed by atoms with Crippen LogP contribution in [0.25, 0.3) is 0 Å². The summed E-state index contributed by atoms with van der Waals surface area (Å²) < 4.78 is 11.1. The SMILES string of the molecule is CN1CCC(OC(=O)C(CCC(=O)OC(C)(C)C)c2ccccc2)CC1. The maximum atomic E-state index is 12.8. The minimum absolute atomic E-state index is 0.0357. The third-order valence-corrected chi connectivity index (χ3v) is 4.49. The number of rotatable bonds is 6. The first kappa shape index (κ1) is 20.4. The van der Waals surface area contributed by atoms with Crippen molar-refractivity contribution in [2.75, 3.05) is 20.1 Å². The Morgan fingerprint density at radius 2 is 1.77 bits per heavy atom. The van der Waals surface area contributed by atoms with E-state index in [-0.39, 0.29) is 24.5 Å². The second kappa shape index (κ2) is 9.17. The maximum Gasteiger partial charge on any atom is 0.313 e. The van der Waals surface area contributed by atoms with Crippen LogP contribution >= 0.6 is 0 Å². The summed E-state index contributed by atoms with van der Waals surface area (Å²) in [5.74, 6) is -0.969. The Morgan fingerprint density at radius 1 is 1.15 bits per heavy atom. The Bertz CT molecular complexity index is 586.